The molecule has 5 heteroatoms. The number of benzene rings is 3. The zero-order chi connectivity index (χ0) is 17.8. The summed E-state index contributed by atoms with van der Waals surface area (Å²) in [4.78, 5) is 22.8. The maximum atomic E-state index is 12.4. The summed E-state index contributed by atoms with van der Waals surface area (Å²) in [6.45, 7) is 1.81. The number of nitro benzene ring substituents is 1. The van der Waals surface area contributed by atoms with Crippen LogP contribution in [0.1, 0.15) is 21.5 Å². The summed E-state index contributed by atoms with van der Waals surface area (Å²) < 4.78 is 0. The molecule has 0 fully saturated rings. The van der Waals surface area contributed by atoms with Crippen LogP contribution in [0.25, 0.3) is 0 Å². The molecule has 0 aliphatic heterocycles. The quantitative estimate of drug-likeness (QED) is 0.411. The number of hydrogen-bond acceptors (Lipinski definition) is 4. The topological polar surface area (TPSA) is 72.2 Å². The summed E-state index contributed by atoms with van der Waals surface area (Å²) >= 11 is 0. The van der Waals surface area contributed by atoms with Crippen molar-refractivity contribution in [2.75, 3.05) is 5.32 Å². The van der Waals surface area contributed by atoms with Crippen molar-refractivity contribution in [1.82, 2.24) is 0 Å². The molecule has 0 atom stereocenters. The van der Waals surface area contributed by atoms with Gasteiger partial charge in [-0.05, 0) is 42.8 Å². The smallest absolute Gasteiger partial charge is 0.269 e. The van der Waals surface area contributed by atoms with E-state index in [9.17, 15) is 14.9 Å². The Morgan fingerprint density at radius 2 is 1.56 bits per heavy atom. The SMILES string of the molecule is Cc1cc([N+](=O)[O-])ccc1Nc1ccc(C(=O)c2ccccc2)cc1. The van der Waals surface area contributed by atoms with Gasteiger partial charge in [0.15, 0.2) is 5.78 Å². The first-order chi connectivity index (χ1) is 12.0. The van der Waals surface area contributed by atoms with Gasteiger partial charge in [0.05, 0.1) is 4.92 Å². The second-order valence-corrected chi connectivity index (χ2v) is 5.65. The molecule has 5 nitrogen and oxygen atoms in total. The van der Waals surface area contributed by atoms with E-state index in [1.807, 2.05) is 37.3 Å². The number of non-ortho nitro benzene ring substituents is 1. The lowest BCUT2D eigenvalue weighted by molar-refractivity contribution is -0.384. The van der Waals surface area contributed by atoms with E-state index in [0.717, 1.165) is 16.9 Å². The van der Waals surface area contributed by atoms with Crippen LogP contribution in [0.4, 0.5) is 17.1 Å². The molecular weight excluding hydrogens is 316 g/mol. The second kappa shape index (κ2) is 6.97. The molecule has 0 aliphatic carbocycles. The van der Waals surface area contributed by atoms with E-state index in [4.69, 9.17) is 0 Å². The van der Waals surface area contributed by atoms with Crippen molar-refractivity contribution in [3.05, 3.63) is 99.6 Å². The van der Waals surface area contributed by atoms with Crippen LogP contribution in [0.2, 0.25) is 0 Å². The lowest BCUT2D eigenvalue weighted by Crippen LogP contribution is -2.01. The zero-order valence-electron chi connectivity index (χ0n) is 13.6. The molecule has 3 rings (SSSR count). The van der Waals surface area contributed by atoms with Crippen LogP contribution in [0.3, 0.4) is 0 Å². The predicted molar refractivity (Wildman–Crippen MR) is 97.4 cm³/mol. The van der Waals surface area contributed by atoms with E-state index in [0.29, 0.717) is 11.1 Å². The third-order valence-corrected chi connectivity index (χ3v) is 3.88. The van der Waals surface area contributed by atoms with Crippen molar-refractivity contribution in [1.29, 1.82) is 0 Å². The van der Waals surface area contributed by atoms with E-state index in [1.165, 1.54) is 12.1 Å². The van der Waals surface area contributed by atoms with E-state index in [2.05, 4.69) is 5.32 Å². The third-order valence-electron chi connectivity index (χ3n) is 3.88. The second-order valence-electron chi connectivity index (χ2n) is 5.65. The van der Waals surface area contributed by atoms with Crippen LogP contribution in [-0.2, 0) is 0 Å². The Bertz CT molecular complexity index is 919. The van der Waals surface area contributed by atoms with Crippen molar-refractivity contribution in [3.8, 4) is 0 Å². The Labute approximate surface area is 145 Å². The average molecular weight is 332 g/mol. The van der Waals surface area contributed by atoms with Crippen molar-refractivity contribution in [2.24, 2.45) is 0 Å². The fourth-order valence-corrected chi connectivity index (χ4v) is 2.52. The zero-order valence-corrected chi connectivity index (χ0v) is 13.6. The number of ketones is 1. The van der Waals surface area contributed by atoms with Crippen LogP contribution in [0.15, 0.2) is 72.8 Å². The van der Waals surface area contributed by atoms with Gasteiger partial charge in [0.2, 0.25) is 0 Å². The number of hydrogen-bond donors (Lipinski definition) is 1. The molecule has 124 valence electrons. The summed E-state index contributed by atoms with van der Waals surface area (Å²) in [5, 5.41) is 14.0. The Kier molecular flexibility index (Phi) is 4.57. The molecule has 0 saturated carbocycles. The van der Waals surface area contributed by atoms with Gasteiger partial charge in [-0.1, -0.05) is 30.3 Å². The molecule has 0 aliphatic rings. The molecule has 0 radical (unpaired) electrons. The van der Waals surface area contributed by atoms with Crippen LogP contribution in [0.5, 0.6) is 0 Å². The first-order valence-electron chi connectivity index (χ1n) is 7.76. The van der Waals surface area contributed by atoms with Crippen molar-refractivity contribution < 1.29 is 9.72 Å². The summed E-state index contributed by atoms with van der Waals surface area (Å²) in [5.74, 6) is -0.0290. The average Bonchev–Trinajstić information content (AvgIpc) is 2.64. The van der Waals surface area contributed by atoms with Gasteiger partial charge in [0, 0.05) is 34.6 Å². The minimum atomic E-state index is -0.416. The lowest BCUT2D eigenvalue weighted by atomic mass is 10.0. The molecule has 25 heavy (non-hydrogen) atoms. The van der Waals surface area contributed by atoms with Gasteiger partial charge in [0.25, 0.3) is 5.69 Å². The van der Waals surface area contributed by atoms with Gasteiger partial charge in [-0.2, -0.15) is 0 Å². The first-order valence-corrected chi connectivity index (χ1v) is 7.76. The van der Waals surface area contributed by atoms with E-state index in [1.54, 1.807) is 30.3 Å². The van der Waals surface area contributed by atoms with Crippen molar-refractivity contribution >= 4 is 22.8 Å². The third kappa shape index (κ3) is 3.72. The van der Waals surface area contributed by atoms with E-state index >= 15 is 0 Å². The van der Waals surface area contributed by atoms with Gasteiger partial charge in [-0.3, -0.25) is 14.9 Å². The van der Waals surface area contributed by atoms with Gasteiger partial charge in [-0.15, -0.1) is 0 Å². The van der Waals surface area contributed by atoms with Gasteiger partial charge < -0.3 is 5.32 Å². The molecular formula is C20H16N2O3. The predicted octanol–water partition coefficient (Wildman–Crippen LogP) is 4.88. The number of nitro groups is 1. The molecule has 0 unspecified atom stereocenters. The highest BCUT2D eigenvalue weighted by Crippen LogP contribution is 2.25. The molecule has 0 amide bonds. The maximum absolute atomic E-state index is 12.4. The minimum absolute atomic E-state index is 0.0290. The number of nitrogens with zero attached hydrogens (tertiary/aromatic N) is 1. The molecule has 0 aromatic heterocycles. The summed E-state index contributed by atoms with van der Waals surface area (Å²) in [7, 11) is 0. The van der Waals surface area contributed by atoms with Gasteiger partial charge in [0.1, 0.15) is 0 Å². The molecule has 0 saturated heterocycles. The maximum Gasteiger partial charge on any atom is 0.269 e. The van der Waals surface area contributed by atoms with E-state index < -0.39 is 4.92 Å². The number of carbonyl (C=O) groups is 1. The van der Waals surface area contributed by atoms with Crippen molar-refractivity contribution in [2.45, 2.75) is 6.92 Å². The first kappa shape index (κ1) is 16.4. The monoisotopic (exact) mass is 332 g/mol. The van der Waals surface area contributed by atoms with Crippen LogP contribution in [-0.4, -0.2) is 10.7 Å². The Morgan fingerprint density at radius 1 is 0.920 bits per heavy atom. The molecule has 3 aromatic rings. The highest BCUT2D eigenvalue weighted by atomic mass is 16.6. The molecule has 0 spiro atoms. The van der Waals surface area contributed by atoms with Crippen LogP contribution >= 0.6 is 0 Å². The van der Waals surface area contributed by atoms with Gasteiger partial charge >= 0.3 is 0 Å². The van der Waals surface area contributed by atoms with Crippen LogP contribution < -0.4 is 5.32 Å². The fourth-order valence-electron chi connectivity index (χ4n) is 2.52. The standard InChI is InChI=1S/C20H16N2O3/c1-14-13-18(22(24)25)11-12-19(14)21-17-9-7-16(8-10-17)20(23)15-5-3-2-4-6-15/h2-13,21H,1H3. The highest BCUT2D eigenvalue weighted by molar-refractivity contribution is 6.09. The normalized spacial score (nSPS) is 10.3. The molecule has 3 aromatic carbocycles. The van der Waals surface area contributed by atoms with Gasteiger partial charge in [-0.25, -0.2) is 0 Å². The van der Waals surface area contributed by atoms with Crippen LogP contribution in [0, 0.1) is 17.0 Å². The number of carbonyl (C=O) groups excluding carboxylic acids is 1. The Morgan fingerprint density at radius 3 is 2.16 bits per heavy atom. The fraction of sp³-hybridized carbons (Fsp3) is 0.0500. The molecule has 0 bridgehead atoms. The Balaban J connectivity index is 1.77. The largest absolute Gasteiger partial charge is 0.355 e. The minimum Gasteiger partial charge on any atom is -0.355 e. The highest BCUT2D eigenvalue weighted by Gasteiger charge is 2.10. The van der Waals surface area contributed by atoms with E-state index in [-0.39, 0.29) is 11.5 Å². The van der Waals surface area contributed by atoms with Crippen molar-refractivity contribution in [3.63, 3.8) is 0 Å². The molecule has 1 N–H and O–H groups in total. The molecule has 0 heterocycles. The number of rotatable bonds is 5. The Hall–Kier alpha value is -3.47. The number of nitrogens with one attached hydrogen (secondary N) is 1. The summed E-state index contributed by atoms with van der Waals surface area (Å²) in [5.41, 5.74) is 3.69. The number of anilines is 2. The summed E-state index contributed by atoms with van der Waals surface area (Å²) in [6, 6.07) is 20.9. The summed E-state index contributed by atoms with van der Waals surface area (Å²) in [6.07, 6.45) is 0. The lowest BCUT2D eigenvalue weighted by Gasteiger charge is -2.10. The number of aryl methyl sites for hydroxylation is 1.